The van der Waals surface area contributed by atoms with Gasteiger partial charge in [0, 0.05) is 26.1 Å². The minimum atomic E-state index is -1.04. The number of aromatic carboxylic acids is 1. The second-order valence-corrected chi connectivity index (χ2v) is 5.48. The van der Waals surface area contributed by atoms with E-state index in [1.165, 1.54) is 12.1 Å². The summed E-state index contributed by atoms with van der Waals surface area (Å²) in [7, 11) is 0. The maximum Gasteiger partial charge on any atom is 0.345 e. The van der Waals surface area contributed by atoms with Gasteiger partial charge in [0.25, 0.3) is 5.91 Å². The molecule has 6 nitrogen and oxygen atoms in total. The number of carboxylic acids is 1. The van der Waals surface area contributed by atoms with Gasteiger partial charge in [-0.05, 0) is 32.4 Å². The average molecular weight is 312 g/mol. The summed E-state index contributed by atoms with van der Waals surface area (Å²) in [5.41, 5.74) is 0. The standard InChI is InChI=1S/C14H20N2O4S/c1-3-16(4-2)12(17)6-5-9-15-13(18)10-7-8-11(21-10)14(19)20/h7-8H,3-6,9H2,1-2H3,(H,15,18)(H,19,20). The molecule has 0 atom stereocenters. The summed E-state index contributed by atoms with van der Waals surface area (Å²) in [5, 5.41) is 11.5. The molecule has 0 saturated heterocycles. The van der Waals surface area contributed by atoms with Crippen LogP contribution in [0.5, 0.6) is 0 Å². The second kappa shape index (κ2) is 8.41. The number of nitrogens with one attached hydrogen (secondary N) is 1. The predicted molar refractivity (Wildman–Crippen MR) is 80.8 cm³/mol. The van der Waals surface area contributed by atoms with Crippen LogP contribution in [0.4, 0.5) is 0 Å². The van der Waals surface area contributed by atoms with E-state index in [0.717, 1.165) is 11.3 Å². The van der Waals surface area contributed by atoms with Crippen molar-refractivity contribution in [2.75, 3.05) is 19.6 Å². The minimum absolute atomic E-state index is 0.0820. The van der Waals surface area contributed by atoms with Crippen LogP contribution in [0.15, 0.2) is 12.1 Å². The third-order valence-electron chi connectivity index (χ3n) is 3.01. The van der Waals surface area contributed by atoms with E-state index in [1.54, 1.807) is 4.90 Å². The third-order valence-corrected chi connectivity index (χ3v) is 4.08. The van der Waals surface area contributed by atoms with Crippen LogP contribution in [-0.4, -0.2) is 47.4 Å². The van der Waals surface area contributed by atoms with Gasteiger partial charge in [0.1, 0.15) is 4.88 Å². The lowest BCUT2D eigenvalue weighted by molar-refractivity contribution is -0.130. The smallest absolute Gasteiger partial charge is 0.345 e. The molecule has 0 aliphatic rings. The molecule has 1 aromatic rings. The molecule has 0 saturated carbocycles. The molecule has 0 radical (unpaired) electrons. The number of amides is 2. The SMILES string of the molecule is CCN(CC)C(=O)CCCNC(=O)c1ccc(C(=O)O)s1. The van der Waals surface area contributed by atoms with Gasteiger partial charge in [-0.1, -0.05) is 0 Å². The molecule has 0 aliphatic heterocycles. The highest BCUT2D eigenvalue weighted by Gasteiger charge is 2.13. The fourth-order valence-corrected chi connectivity index (χ4v) is 2.60. The summed E-state index contributed by atoms with van der Waals surface area (Å²) in [6.07, 6.45) is 0.963. The maximum atomic E-state index is 11.8. The Morgan fingerprint density at radius 2 is 1.81 bits per heavy atom. The zero-order valence-corrected chi connectivity index (χ0v) is 13.0. The number of thiophene rings is 1. The minimum Gasteiger partial charge on any atom is -0.477 e. The lowest BCUT2D eigenvalue weighted by Crippen LogP contribution is -2.31. The van der Waals surface area contributed by atoms with Crippen LogP contribution in [0.25, 0.3) is 0 Å². The lowest BCUT2D eigenvalue weighted by Gasteiger charge is -2.18. The normalized spacial score (nSPS) is 10.2. The van der Waals surface area contributed by atoms with Crippen LogP contribution in [0.1, 0.15) is 46.0 Å². The van der Waals surface area contributed by atoms with E-state index in [-0.39, 0.29) is 16.7 Å². The molecule has 2 N–H and O–H groups in total. The highest BCUT2D eigenvalue weighted by atomic mass is 32.1. The summed E-state index contributed by atoms with van der Waals surface area (Å²) in [5.74, 6) is -1.26. The zero-order chi connectivity index (χ0) is 15.8. The summed E-state index contributed by atoms with van der Waals surface area (Å²) in [6, 6.07) is 2.90. The molecule has 0 unspecified atom stereocenters. The summed E-state index contributed by atoms with van der Waals surface area (Å²) >= 11 is 0.939. The summed E-state index contributed by atoms with van der Waals surface area (Å²) in [4.78, 5) is 36.5. The van der Waals surface area contributed by atoms with Crippen molar-refractivity contribution in [2.24, 2.45) is 0 Å². The molecule has 0 fully saturated rings. The van der Waals surface area contributed by atoms with Crippen molar-refractivity contribution >= 4 is 29.1 Å². The summed E-state index contributed by atoms with van der Waals surface area (Å²) < 4.78 is 0. The highest BCUT2D eigenvalue weighted by Crippen LogP contribution is 2.16. The molecular formula is C14H20N2O4S. The molecule has 0 aromatic carbocycles. The van der Waals surface area contributed by atoms with Gasteiger partial charge in [-0.2, -0.15) is 0 Å². The number of hydrogen-bond donors (Lipinski definition) is 2. The van der Waals surface area contributed by atoms with Crippen molar-refractivity contribution in [3.63, 3.8) is 0 Å². The van der Waals surface area contributed by atoms with Gasteiger partial charge in [0.15, 0.2) is 0 Å². The fourth-order valence-electron chi connectivity index (χ4n) is 1.84. The topological polar surface area (TPSA) is 86.7 Å². The van der Waals surface area contributed by atoms with E-state index in [2.05, 4.69) is 5.32 Å². The first-order valence-electron chi connectivity index (χ1n) is 6.88. The molecule has 0 spiro atoms. The van der Waals surface area contributed by atoms with Gasteiger partial charge in [-0.3, -0.25) is 9.59 Å². The van der Waals surface area contributed by atoms with Gasteiger partial charge in [-0.15, -0.1) is 11.3 Å². The summed E-state index contributed by atoms with van der Waals surface area (Å²) in [6.45, 7) is 5.63. The molecule has 1 rings (SSSR count). The Hall–Kier alpha value is -1.89. The van der Waals surface area contributed by atoms with E-state index in [0.29, 0.717) is 37.4 Å². The Labute approximate surface area is 127 Å². The number of hydrogen-bond acceptors (Lipinski definition) is 4. The van der Waals surface area contributed by atoms with Crippen LogP contribution in [-0.2, 0) is 4.79 Å². The number of carbonyl (C=O) groups is 3. The fraction of sp³-hybridized carbons (Fsp3) is 0.500. The number of nitrogens with zero attached hydrogens (tertiary/aromatic N) is 1. The Morgan fingerprint density at radius 3 is 2.33 bits per heavy atom. The van der Waals surface area contributed by atoms with Crippen LogP contribution in [0, 0.1) is 0 Å². The third kappa shape index (κ3) is 5.18. The molecule has 1 aromatic heterocycles. The molecule has 7 heteroatoms. The quantitative estimate of drug-likeness (QED) is 0.717. The monoisotopic (exact) mass is 312 g/mol. The number of carbonyl (C=O) groups excluding carboxylic acids is 2. The van der Waals surface area contributed by atoms with Crippen LogP contribution >= 0.6 is 11.3 Å². The van der Waals surface area contributed by atoms with E-state index in [1.807, 2.05) is 13.8 Å². The van der Waals surface area contributed by atoms with Crippen molar-refractivity contribution in [2.45, 2.75) is 26.7 Å². The molecule has 0 bridgehead atoms. The van der Waals surface area contributed by atoms with E-state index >= 15 is 0 Å². The predicted octanol–water partition coefficient (Wildman–Crippen LogP) is 1.82. The van der Waals surface area contributed by atoms with Crippen molar-refractivity contribution in [1.82, 2.24) is 10.2 Å². The zero-order valence-electron chi connectivity index (χ0n) is 12.2. The largest absolute Gasteiger partial charge is 0.477 e. The van der Waals surface area contributed by atoms with Gasteiger partial charge < -0.3 is 15.3 Å². The highest BCUT2D eigenvalue weighted by molar-refractivity contribution is 7.15. The average Bonchev–Trinajstić information content (AvgIpc) is 2.94. The van der Waals surface area contributed by atoms with Crippen LogP contribution in [0.2, 0.25) is 0 Å². The van der Waals surface area contributed by atoms with Crippen molar-refractivity contribution in [1.29, 1.82) is 0 Å². The maximum absolute atomic E-state index is 11.8. The Morgan fingerprint density at radius 1 is 1.19 bits per heavy atom. The van der Waals surface area contributed by atoms with Gasteiger partial charge >= 0.3 is 5.97 Å². The van der Waals surface area contributed by atoms with Gasteiger partial charge in [-0.25, -0.2) is 4.79 Å². The first kappa shape index (κ1) is 17.2. The molecular weight excluding hydrogens is 292 g/mol. The Balaban J connectivity index is 2.33. The van der Waals surface area contributed by atoms with E-state index in [4.69, 9.17) is 5.11 Å². The van der Waals surface area contributed by atoms with E-state index < -0.39 is 5.97 Å². The second-order valence-electron chi connectivity index (χ2n) is 4.39. The first-order chi connectivity index (χ1) is 9.99. The van der Waals surface area contributed by atoms with Crippen molar-refractivity contribution < 1.29 is 19.5 Å². The molecule has 21 heavy (non-hydrogen) atoms. The molecule has 1 heterocycles. The van der Waals surface area contributed by atoms with E-state index in [9.17, 15) is 14.4 Å². The Bertz CT molecular complexity index is 509. The molecule has 2 amide bonds. The van der Waals surface area contributed by atoms with Gasteiger partial charge in [0.2, 0.25) is 5.91 Å². The lowest BCUT2D eigenvalue weighted by atomic mass is 10.2. The molecule has 116 valence electrons. The van der Waals surface area contributed by atoms with Gasteiger partial charge in [0.05, 0.1) is 4.88 Å². The van der Waals surface area contributed by atoms with Crippen LogP contribution in [0.3, 0.4) is 0 Å². The Kier molecular flexibility index (Phi) is 6.87. The van der Waals surface area contributed by atoms with Crippen molar-refractivity contribution in [3.8, 4) is 0 Å². The number of rotatable bonds is 8. The first-order valence-corrected chi connectivity index (χ1v) is 7.70. The van der Waals surface area contributed by atoms with Crippen LogP contribution < -0.4 is 5.32 Å². The van der Waals surface area contributed by atoms with Crippen molar-refractivity contribution in [3.05, 3.63) is 21.9 Å². The number of carboxylic acid groups (broad SMARTS) is 1. The molecule has 0 aliphatic carbocycles.